The molecule has 76 valence electrons. The van der Waals surface area contributed by atoms with Crippen molar-refractivity contribution < 1.29 is 18.3 Å². The summed E-state index contributed by atoms with van der Waals surface area (Å²) < 4.78 is 29.4. The second-order valence-electron chi connectivity index (χ2n) is 2.36. The van der Waals surface area contributed by atoms with Crippen molar-refractivity contribution >= 4 is 17.9 Å². The summed E-state index contributed by atoms with van der Waals surface area (Å²) in [6.07, 6.45) is -1.56. The average Bonchev–Trinajstić information content (AvgIpc) is 2.16. The van der Waals surface area contributed by atoms with E-state index < -0.39 is 12.1 Å². The molecule has 0 fully saturated rings. The molecule has 6 heteroatoms. The van der Waals surface area contributed by atoms with Crippen LogP contribution in [0.1, 0.15) is 22.5 Å². The number of pyridine rings is 1. The number of carbonyl (C=O) groups excluding carboxylic acids is 1. The number of carbonyl (C=O) groups is 1. The van der Waals surface area contributed by atoms with Gasteiger partial charge in [0.25, 0.3) is 6.43 Å². The molecule has 14 heavy (non-hydrogen) atoms. The fraction of sp³-hybridized carbons (Fsp3) is 0.250. The van der Waals surface area contributed by atoms with Gasteiger partial charge in [-0.1, -0.05) is 11.6 Å². The lowest BCUT2D eigenvalue weighted by Crippen LogP contribution is -2.01. The summed E-state index contributed by atoms with van der Waals surface area (Å²) >= 11 is 5.59. The third-order valence-electron chi connectivity index (χ3n) is 1.58. The van der Waals surface area contributed by atoms with E-state index in [4.69, 9.17) is 16.3 Å². The summed E-state index contributed by atoms with van der Waals surface area (Å²) in [5.74, 6) is -0.0769. The molecule has 0 amide bonds. The van der Waals surface area contributed by atoms with E-state index in [1.54, 1.807) is 0 Å². The molecule has 1 aromatic rings. The molecule has 0 radical (unpaired) electrons. The highest BCUT2D eigenvalue weighted by Crippen LogP contribution is 2.32. The minimum Gasteiger partial charge on any atom is -0.494 e. The van der Waals surface area contributed by atoms with Gasteiger partial charge in [-0.2, -0.15) is 0 Å². The van der Waals surface area contributed by atoms with Crippen LogP contribution < -0.4 is 4.74 Å². The Hall–Kier alpha value is -1.23. The van der Waals surface area contributed by atoms with Gasteiger partial charge in [-0.25, -0.2) is 8.78 Å². The van der Waals surface area contributed by atoms with Gasteiger partial charge >= 0.3 is 0 Å². The SMILES string of the molecule is COc1c(Cl)cnc(C(F)F)c1C=O. The summed E-state index contributed by atoms with van der Waals surface area (Å²) in [7, 11) is 1.24. The van der Waals surface area contributed by atoms with E-state index in [-0.39, 0.29) is 22.6 Å². The molecular formula is C8H6ClF2NO2. The minimum absolute atomic E-state index is 0.0269. The van der Waals surface area contributed by atoms with Gasteiger partial charge < -0.3 is 4.74 Å². The Morgan fingerprint density at radius 2 is 2.29 bits per heavy atom. The Kier molecular flexibility index (Phi) is 3.35. The van der Waals surface area contributed by atoms with Crippen LogP contribution in [0.2, 0.25) is 5.02 Å². The van der Waals surface area contributed by atoms with Crippen molar-refractivity contribution in [1.82, 2.24) is 4.98 Å². The smallest absolute Gasteiger partial charge is 0.281 e. The molecule has 1 heterocycles. The van der Waals surface area contributed by atoms with Crippen LogP contribution in [0.5, 0.6) is 5.75 Å². The number of rotatable bonds is 3. The van der Waals surface area contributed by atoms with Crippen LogP contribution in [0.3, 0.4) is 0 Å². The van der Waals surface area contributed by atoms with Gasteiger partial charge in [-0.15, -0.1) is 0 Å². The maximum absolute atomic E-state index is 12.3. The molecule has 0 unspecified atom stereocenters. The Bertz CT molecular complexity index is 357. The Balaban J connectivity index is 3.40. The van der Waals surface area contributed by atoms with E-state index in [0.717, 1.165) is 6.20 Å². The lowest BCUT2D eigenvalue weighted by molar-refractivity contribution is 0.110. The zero-order valence-electron chi connectivity index (χ0n) is 7.13. The standard InChI is InChI=1S/C8H6ClF2NO2/c1-14-7-4(3-13)6(8(10)11)12-2-5(7)9/h2-3,8H,1H3. The molecule has 0 atom stereocenters. The molecule has 0 N–H and O–H groups in total. The number of alkyl halides is 2. The van der Waals surface area contributed by atoms with Gasteiger partial charge in [0.15, 0.2) is 12.0 Å². The van der Waals surface area contributed by atoms with Crippen molar-refractivity contribution in [2.45, 2.75) is 6.43 Å². The minimum atomic E-state index is -2.83. The normalized spacial score (nSPS) is 10.4. The van der Waals surface area contributed by atoms with Gasteiger partial charge in [0.05, 0.1) is 12.7 Å². The summed E-state index contributed by atoms with van der Waals surface area (Å²) in [5.41, 5.74) is -0.934. The van der Waals surface area contributed by atoms with Crippen molar-refractivity contribution in [3.05, 3.63) is 22.5 Å². The molecule has 0 saturated carbocycles. The van der Waals surface area contributed by atoms with Crippen molar-refractivity contribution in [1.29, 1.82) is 0 Å². The van der Waals surface area contributed by atoms with E-state index in [9.17, 15) is 13.6 Å². The number of ether oxygens (including phenoxy) is 1. The number of methoxy groups -OCH3 is 1. The molecular weight excluding hydrogens is 216 g/mol. The quantitative estimate of drug-likeness (QED) is 0.736. The molecule has 0 aliphatic heterocycles. The summed E-state index contributed by atoms with van der Waals surface area (Å²) in [4.78, 5) is 13.9. The van der Waals surface area contributed by atoms with Crippen LogP contribution >= 0.6 is 11.6 Å². The van der Waals surface area contributed by atoms with E-state index in [0.29, 0.717) is 0 Å². The van der Waals surface area contributed by atoms with Gasteiger partial charge in [0.2, 0.25) is 0 Å². The number of aromatic nitrogens is 1. The lowest BCUT2D eigenvalue weighted by atomic mass is 10.2. The van der Waals surface area contributed by atoms with Crippen LogP contribution in [0.25, 0.3) is 0 Å². The molecule has 1 aromatic heterocycles. The topological polar surface area (TPSA) is 39.2 Å². The number of hydrogen-bond donors (Lipinski definition) is 0. The third-order valence-corrected chi connectivity index (χ3v) is 1.85. The van der Waals surface area contributed by atoms with Crippen LogP contribution in [0.4, 0.5) is 8.78 Å². The fourth-order valence-corrected chi connectivity index (χ4v) is 1.22. The molecule has 0 aliphatic carbocycles. The largest absolute Gasteiger partial charge is 0.494 e. The zero-order chi connectivity index (χ0) is 10.7. The molecule has 0 saturated heterocycles. The van der Waals surface area contributed by atoms with Gasteiger partial charge in [-0.05, 0) is 0 Å². The summed E-state index contributed by atoms with van der Waals surface area (Å²) in [6.45, 7) is 0. The van der Waals surface area contributed by atoms with Crippen molar-refractivity contribution in [2.24, 2.45) is 0 Å². The summed E-state index contributed by atoms with van der Waals surface area (Å²) in [6, 6.07) is 0. The monoisotopic (exact) mass is 221 g/mol. The van der Waals surface area contributed by atoms with E-state index in [2.05, 4.69) is 4.98 Å². The highest BCUT2D eigenvalue weighted by atomic mass is 35.5. The molecule has 0 bridgehead atoms. The first-order valence-corrected chi connectivity index (χ1v) is 3.95. The lowest BCUT2D eigenvalue weighted by Gasteiger charge is -2.08. The van der Waals surface area contributed by atoms with E-state index >= 15 is 0 Å². The van der Waals surface area contributed by atoms with Crippen molar-refractivity contribution in [3.63, 3.8) is 0 Å². The van der Waals surface area contributed by atoms with Crippen LogP contribution in [-0.2, 0) is 0 Å². The highest BCUT2D eigenvalue weighted by Gasteiger charge is 2.20. The Labute approximate surface area is 83.7 Å². The average molecular weight is 222 g/mol. The van der Waals surface area contributed by atoms with Crippen LogP contribution in [0.15, 0.2) is 6.20 Å². The van der Waals surface area contributed by atoms with Gasteiger partial charge in [0.1, 0.15) is 10.7 Å². The predicted octanol–water partition coefficient (Wildman–Crippen LogP) is 2.49. The van der Waals surface area contributed by atoms with E-state index in [1.165, 1.54) is 7.11 Å². The first-order chi connectivity index (χ1) is 6.61. The Morgan fingerprint density at radius 1 is 1.64 bits per heavy atom. The summed E-state index contributed by atoms with van der Waals surface area (Å²) in [5, 5.41) is 0.0269. The molecule has 3 nitrogen and oxygen atoms in total. The Morgan fingerprint density at radius 3 is 2.71 bits per heavy atom. The molecule has 0 spiro atoms. The van der Waals surface area contributed by atoms with E-state index in [1.807, 2.05) is 0 Å². The maximum atomic E-state index is 12.3. The highest BCUT2D eigenvalue weighted by molar-refractivity contribution is 6.32. The van der Waals surface area contributed by atoms with Crippen molar-refractivity contribution in [3.8, 4) is 5.75 Å². The second-order valence-corrected chi connectivity index (χ2v) is 2.76. The third kappa shape index (κ3) is 1.82. The number of hydrogen-bond acceptors (Lipinski definition) is 3. The van der Waals surface area contributed by atoms with Crippen LogP contribution in [-0.4, -0.2) is 18.4 Å². The maximum Gasteiger partial charge on any atom is 0.281 e. The number of aldehydes is 1. The van der Waals surface area contributed by atoms with Crippen molar-refractivity contribution in [2.75, 3.05) is 7.11 Å². The zero-order valence-corrected chi connectivity index (χ0v) is 7.89. The fourth-order valence-electron chi connectivity index (χ4n) is 0.995. The first-order valence-electron chi connectivity index (χ1n) is 3.57. The number of nitrogens with zero attached hydrogens (tertiary/aromatic N) is 1. The van der Waals surface area contributed by atoms with Gasteiger partial charge in [-0.3, -0.25) is 9.78 Å². The first kappa shape index (κ1) is 10.8. The predicted molar refractivity (Wildman–Crippen MR) is 46.1 cm³/mol. The molecule has 1 rings (SSSR count). The molecule has 0 aliphatic rings. The van der Waals surface area contributed by atoms with Crippen LogP contribution in [0, 0.1) is 0 Å². The number of halogens is 3. The second kappa shape index (κ2) is 4.32. The molecule has 0 aromatic carbocycles. The van der Waals surface area contributed by atoms with Gasteiger partial charge in [0, 0.05) is 6.20 Å².